The molecule has 62 valence electrons. The predicted molar refractivity (Wildman–Crippen MR) is 38.7 cm³/mol. The average molecular weight is 158 g/mol. The number of oxazole rings is 1. The highest BCUT2D eigenvalue weighted by Crippen LogP contribution is 2.06. The van der Waals surface area contributed by atoms with Crippen LogP contribution in [0, 0.1) is 0 Å². The van der Waals surface area contributed by atoms with Crippen LogP contribution in [0.5, 0.6) is 0 Å². The summed E-state index contributed by atoms with van der Waals surface area (Å²) in [7, 11) is 0. The van der Waals surface area contributed by atoms with Crippen molar-refractivity contribution >= 4 is 0 Å². The van der Waals surface area contributed by atoms with Crippen molar-refractivity contribution in [1.29, 1.82) is 0 Å². The normalized spacial score (nSPS) is 10.4. The Morgan fingerprint density at radius 1 is 1.64 bits per heavy atom. The van der Waals surface area contributed by atoms with Gasteiger partial charge in [0.25, 0.3) is 0 Å². The van der Waals surface area contributed by atoms with E-state index >= 15 is 0 Å². The fraction of sp³-hybridized carbons (Fsp3) is 0.571. The van der Waals surface area contributed by atoms with Crippen molar-refractivity contribution in [1.82, 2.24) is 4.98 Å². The number of hydrogen-bond donors (Lipinski definition) is 1. The van der Waals surface area contributed by atoms with Crippen molar-refractivity contribution in [3.8, 4) is 0 Å². The molecule has 0 aromatic carbocycles. The molecule has 1 heterocycles. The van der Waals surface area contributed by atoms with Gasteiger partial charge in [0, 0.05) is 6.42 Å². The van der Waals surface area contributed by atoms with Crippen molar-refractivity contribution in [2.75, 3.05) is 6.54 Å². The Balaban J connectivity index is 2.44. The summed E-state index contributed by atoms with van der Waals surface area (Å²) in [5.41, 5.74) is 5.28. The molecule has 0 radical (unpaired) electrons. The van der Waals surface area contributed by atoms with Crippen molar-refractivity contribution < 1.29 is 8.81 Å². The molecule has 0 saturated carbocycles. The summed E-state index contributed by atoms with van der Waals surface area (Å²) in [5.74, 6) is 0.861. The molecule has 0 spiro atoms. The number of aromatic nitrogens is 1. The van der Waals surface area contributed by atoms with Crippen molar-refractivity contribution in [3.63, 3.8) is 0 Å². The molecule has 4 heteroatoms. The van der Waals surface area contributed by atoms with Gasteiger partial charge in [-0.25, -0.2) is 9.37 Å². The van der Waals surface area contributed by atoms with E-state index in [0.29, 0.717) is 12.3 Å². The first-order chi connectivity index (χ1) is 5.36. The summed E-state index contributed by atoms with van der Waals surface area (Å²) >= 11 is 0. The monoisotopic (exact) mass is 158 g/mol. The van der Waals surface area contributed by atoms with Crippen LogP contribution in [0.25, 0.3) is 0 Å². The van der Waals surface area contributed by atoms with Crippen molar-refractivity contribution in [3.05, 3.63) is 17.8 Å². The van der Waals surface area contributed by atoms with Crippen molar-refractivity contribution in [2.24, 2.45) is 5.73 Å². The second kappa shape index (κ2) is 4.08. The van der Waals surface area contributed by atoms with E-state index in [-0.39, 0.29) is 5.89 Å². The Bertz CT molecular complexity index is 212. The molecule has 11 heavy (non-hydrogen) atoms. The zero-order valence-electron chi connectivity index (χ0n) is 6.22. The van der Waals surface area contributed by atoms with E-state index in [2.05, 4.69) is 4.98 Å². The van der Waals surface area contributed by atoms with Gasteiger partial charge in [0.2, 0.25) is 5.89 Å². The lowest BCUT2D eigenvalue weighted by Crippen LogP contribution is -1.99. The second-order valence-corrected chi connectivity index (χ2v) is 2.25. The standard InChI is InChI=1S/C7H11FN2O/c8-4-7-10-5-6(11-7)2-1-3-9/h5H,1-4,9H2. The van der Waals surface area contributed by atoms with Gasteiger partial charge < -0.3 is 10.2 Å². The lowest BCUT2D eigenvalue weighted by atomic mass is 10.3. The molecule has 0 aliphatic heterocycles. The zero-order valence-corrected chi connectivity index (χ0v) is 6.22. The maximum absolute atomic E-state index is 11.9. The summed E-state index contributed by atoms with van der Waals surface area (Å²) in [4.78, 5) is 3.71. The maximum Gasteiger partial charge on any atom is 0.225 e. The van der Waals surface area contributed by atoms with E-state index in [1.807, 2.05) is 0 Å². The lowest BCUT2D eigenvalue weighted by Gasteiger charge is -1.90. The van der Waals surface area contributed by atoms with E-state index in [0.717, 1.165) is 12.8 Å². The minimum absolute atomic E-state index is 0.150. The van der Waals surface area contributed by atoms with Gasteiger partial charge in [-0.1, -0.05) is 0 Å². The van der Waals surface area contributed by atoms with E-state index < -0.39 is 6.67 Å². The highest BCUT2D eigenvalue weighted by molar-refractivity contribution is 4.93. The number of rotatable bonds is 4. The lowest BCUT2D eigenvalue weighted by molar-refractivity contribution is 0.365. The third kappa shape index (κ3) is 2.31. The van der Waals surface area contributed by atoms with Gasteiger partial charge in [0.15, 0.2) is 6.67 Å². The van der Waals surface area contributed by atoms with Gasteiger partial charge in [-0.3, -0.25) is 0 Å². The molecular weight excluding hydrogens is 147 g/mol. The van der Waals surface area contributed by atoms with Crippen LogP contribution >= 0.6 is 0 Å². The summed E-state index contributed by atoms with van der Waals surface area (Å²) in [6, 6.07) is 0. The molecule has 0 atom stereocenters. The molecular formula is C7H11FN2O. The fourth-order valence-electron chi connectivity index (χ4n) is 0.802. The summed E-state index contributed by atoms with van der Waals surface area (Å²) in [6.45, 7) is -0.0196. The Kier molecular flexibility index (Phi) is 3.04. The number of alkyl halides is 1. The van der Waals surface area contributed by atoms with Crippen LogP contribution in [0.15, 0.2) is 10.6 Å². The van der Waals surface area contributed by atoms with Crippen LogP contribution in [0.1, 0.15) is 18.1 Å². The molecule has 0 aliphatic rings. The third-order valence-electron chi connectivity index (χ3n) is 1.34. The number of aryl methyl sites for hydroxylation is 1. The van der Waals surface area contributed by atoms with Gasteiger partial charge in [-0.15, -0.1) is 0 Å². The minimum Gasteiger partial charge on any atom is -0.443 e. The van der Waals surface area contributed by atoms with E-state index in [4.69, 9.17) is 10.2 Å². The molecule has 0 amide bonds. The van der Waals surface area contributed by atoms with Crippen LogP contribution in [-0.4, -0.2) is 11.5 Å². The second-order valence-electron chi connectivity index (χ2n) is 2.25. The first kappa shape index (κ1) is 8.20. The molecule has 0 fully saturated rings. The molecule has 1 rings (SSSR count). The molecule has 0 saturated heterocycles. The quantitative estimate of drug-likeness (QED) is 0.712. The molecule has 2 N–H and O–H groups in total. The summed E-state index contributed by atoms with van der Waals surface area (Å²) in [5, 5.41) is 0. The van der Waals surface area contributed by atoms with E-state index in [1.54, 1.807) is 6.20 Å². The van der Waals surface area contributed by atoms with Crippen LogP contribution in [0.2, 0.25) is 0 Å². The summed E-state index contributed by atoms with van der Waals surface area (Å²) < 4.78 is 16.9. The van der Waals surface area contributed by atoms with Gasteiger partial charge in [-0.2, -0.15) is 0 Å². The Morgan fingerprint density at radius 3 is 3.00 bits per heavy atom. The third-order valence-corrected chi connectivity index (χ3v) is 1.34. The summed E-state index contributed by atoms with van der Waals surface area (Å²) in [6.07, 6.45) is 3.13. The number of nitrogens with two attached hydrogens (primary N) is 1. The van der Waals surface area contributed by atoms with Gasteiger partial charge >= 0.3 is 0 Å². The largest absolute Gasteiger partial charge is 0.443 e. The zero-order chi connectivity index (χ0) is 8.10. The molecule has 0 bridgehead atoms. The highest BCUT2D eigenvalue weighted by Gasteiger charge is 2.01. The fourth-order valence-corrected chi connectivity index (χ4v) is 0.802. The molecule has 0 aliphatic carbocycles. The molecule has 1 aromatic rings. The number of halogens is 1. The van der Waals surface area contributed by atoms with Crippen molar-refractivity contribution in [2.45, 2.75) is 19.5 Å². The molecule has 0 unspecified atom stereocenters. The molecule has 3 nitrogen and oxygen atoms in total. The van der Waals surface area contributed by atoms with E-state index in [1.165, 1.54) is 0 Å². The van der Waals surface area contributed by atoms with Crippen LogP contribution < -0.4 is 5.73 Å². The first-order valence-electron chi connectivity index (χ1n) is 3.56. The van der Waals surface area contributed by atoms with Crippen LogP contribution in [0.4, 0.5) is 4.39 Å². The van der Waals surface area contributed by atoms with Crippen LogP contribution in [0.3, 0.4) is 0 Å². The Hall–Kier alpha value is -0.900. The smallest absolute Gasteiger partial charge is 0.225 e. The maximum atomic E-state index is 11.9. The average Bonchev–Trinajstić information content (AvgIpc) is 2.48. The van der Waals surface area contributed by atoms with E-state index in [9.17, 15) is 4.39 Å². The van der Waals surface area contributed by atoms with Gasteiger partial charge in [0.05, 0.1) is 6.20 Å². The highest BCUT2D eigenvalue weighted by atomic mass is 19.1. The first-order valence-corrected chi connectivity index (χ1v) is 3.56. The SMILES string of the molecule is NCCCc1cnc(CF)o1. The minimum atomic E-state index is -0.636. The van der Waals surface area contributed by atoms with Gasteiger partial charge in [0.1, 0.15) is 5.76 Å². The predicted octanol–water partition coefficient (Wildman–Crippen LogP) is 1.04. The number of hydrogen-bond acceptors (Lipinski definition) is 3. The Labute approximate surface area is 64.4 Å². The van der Waals surface area contributed by atoms with Crippen LogP contribution in [-0.2, 0) is 13.1 Å². The number of nitrogens with zero attached hydrogens (tertiary/aromatic N) is 1. The molecule has 1 aromatic heterocycles. The Morgan fingerprint density at radius 2 is 2.45 bits per heavy atom. The topological polar surface area (TPSA) is 52.0 Å². The van der Waals surface area contributed by atoms with Gasteiger partial charge in [-0.05, 0) is 13.0 Å².